The molecule has 1 aromatic carbocycles. The van der Waals surface area contributed by atoms with E-state index in [1.54, 1.807) is 18.3 Å². The van der Waals surface area contributed by atoms with Crippen molar-refractivity contribution in [2.75, 3.05) is 0 Å². The van der Waals surface area contributed by atoms with Crippen LogP contribution in [-0.2, 0) is 0 Å². The van der Waals surface area contributed by atoms with Gasteiger partial charge in [0.1, 0.15) is 0 Å². The van der Waals surface area contributed by atoms with Crippen LogP contribution in [0.5, 0.6) is 0 Å². The number of hydrogen-bond acceptors (Lipinski definition) is 2. The number of aromatic nitrogens is 2. The molecule has 4 heteroatoms. The van der Waals surface area contributed by atoms with Crippen LogP contribution in [0.25, 0.3) is 22.3 Å². The van der Waals surface area contributed by atoms with Crippen LogP contribution < -0.4 is 0 Å². The fraction of sp³-hybridized carbons (Fsp3) is 0. The smallest absolute Gasteiger partial charge is 0.152 e. The summed E-state index contributed by atoms with van der Waals surface area (Å²) in [5, 5.41) is 1.71. The van der Waals surface area contributed by atoms with Crippen LogP contribution in [0.15, 0.2) is 42.6 Å². The Morgan fingerprint density at radius 1 is 1.22 bits per heavy atom. The van der Waals surface area contributed by atoms with Crippen LogP contribution in [0.3, 0.4) is 0 Å². The van der Waals surface area contributed by atoms with E-state index >= 15 is 0 Å². The number of nitrogens with zero attached hydrogens (tertiary/aromatic N) is 1. The van der Waals surface area contributed by atoms with E-state index in [-0.39, 0.29) is 0 Å². The SMILES string of the molecule is O=Cc1cccnc1-c1cc2ccc(Cl)cc2[nH]1. The van der Waals surface area contributed by atoms with E-state index in [9.17, 15) is 4.79 Å². The van der Waals surface area contributed by atoms with Gasteiger partial charge in [-0.15, -0.1) is 0 Å². The lowest BCUT2D eigenvalue weighted by atomic mass is 10.1. The van der Waals surface area contributed by atoms with Crippen molar-refractivity contribution in [3.8, 4) is 11.4 Å². The maximum atomic E-state index is 11.0. The van der Waals surface area contributed by atoms with Gasteiger partial charge in [0.05, 0.1) is 11.4 Å². The van der Waals surface area contributed by atoms with Crippen molar-refractivity contribution in [2.24, 2.45) is 0 Å². The van der Waals surface area contributed by atoms with Gasteiger partial charge in [-0.1, -0.05) is 17.7 Å². The minimum absolute atomic E-state index is 0.565. The fourth-order valence-corrected chi connectivity index (χ4v) is 2.14. The molecule has 2 aromatic heterocycles. The first kappa shape index (κ1) is 11.0. The summed E-state index contributed by atoms with van der Waals surface area (Å²) < 4.78 is 0. The number of benzene rings is 1. The number of carbonyl (C=O) groups excluding carboxylic acids is 1. The van der Waals surface area contributed by atoms with E-state index in [2.05, 4.69) is 9.97 Å². The lowest BCUT2D eigenvalue weighted by molar-refractivity contribution is 0.112. The quantitative estimate of drug-likeness (QED) is 0.711. The number of H-pyrrole nitrogens is 1. The minimum Gasteiger partial charge on any atom is -0.353 e. The molecule has 3 nitrogen and oxygen atoms in total. The predicted molar refractivity (Wildman–Crippen MR) is 71.9 cm³/mol. The number of pyridine rings is 1. The van der Waals surface area contributed by atoms with E-state index in [4.69, 9.17) is 11.6 Å². The fourth-order valence-electron chi connectivity index (χ4n) is 1.96. The number of aromatic amines is 1. The zero-order valence-corrected chi connectivity index (χ0v) is 10.1. The third kappa shape index (κ3) is 1.79. The molecule has 3 rings (SSSR count). The second kappa shape index (κ2) is 4.27. The average Bonchev–Trinajstić information content (AvgIpc) is 2.81. The largest absolute Gasteiger partial charge is 0.353 e. The van der Waals surface area contributed by atoms with Gasteiger partial charge in [0, 0.05) is 27.7 Å². The summed E-state index contributed by atoms with van der Waals surface area (Å²) in [4.78, 5) is 18.5. The van der Waals surface area contributed by atoms with Crippen LogP contribution in [0.2, 0.25) is 5.02 Å². The van der Waals surface area contributed by atoms with Gasteiger partial charge in [0.25, 0.3) is 0 Å². The summed E-state index contributed by atoms with van der Waals surface area (Å²) in [5.74, 6) is 0. The molecule has 2 heterocycles. The number of carbonyl (C=O) groups is 1. The van der Waals surface area contributed by atoms with Gasteiger partial charge in [0.15, 0.2) is 6.29 Å². The normalized spacial score (nSPS) is 10.7. The summed E-state index contributed by atoms with van der Waals surface area (Å²) in [7, 11) is 0. The molecule has 88 valence electrons. The Morgan fingerprint density at radius 2 is 2.11 bits per heavy atom. The van der Waals surface area contributed by atoms with Crippen LogP contribution >= 0.6 is 11.6 Å². The van der Waals surface area contributed by atoms with Crippen molar-refractivity contribution >= 4 is 28.8 Å². The molecule has 0 aliphatic heterocycles. The molecule has 1 N–H and O–H groups in total. The first-order valence-electron chi connectivity index (χ1n) is 5.47. The Hall–Kier alpha value is -2.13. The summed E-state index contributed by atoms with van der Waals surface area (Å²) in [6.45, 7) is 0. The lowest BCUT2D eigenvalue weighted by Gasteiger charge is -1.99. The molecule has 0 radical (unpaired) electrons. The lowest BCUT2D eigenvalue weighted by Crippen LogP contribution is -1.90. The highest BCUT2D eigenvalue weighted by Crippen LogP contribution is 2.26. The summed E-state index contributed by atoms with van der Waals surface area (Å²) >= 11 is 5.94. The molecule has 0 aliphatic rings. The van der Waals surface area contributed by atoms with E-state index in [1.165, 1.54) is 0 Å². The van der Waals surface area contributed by atoms with E-state index in [0.717, 1.165) is 22.9 Å². The van der Waals surface area contributed by atoms with E-state index < -0.39 is 0 Å². The van der Waals surface area contributed by atoms with Crippen molar-refractivity contribution in [3.63, 3.8) is 0 Å². The third-order valence-corrected chi connectivity index (χ3v) is 3.04. The molecular weight excluding hydrogens is 248 g/mol. The third-order valence-electron chi connectivity index (χ3n) is 2.81. The zero-order chi connectivity index (χ0) is 12.5. The Kier molecular flexibility index (Phi) is 2.61. The second-order valence-corrected chi connectivity index (χ2v) is 4.41. The first-order valence-corrected chi connectivity index (χ1v) is 5.84. The molecule has 0 fully saturated rings. The van der Waals surface area contributed by atoms with E-state index in [0.29, 0.717) is 16.3 Å². The molecule has 0 unspecified atom stereocenters. The molecule has 3 aromatic rings. The molecule has 0 spiro atoms. The number of hydrogen-bond donors (Lipinski definition) is 1. The van der Waals surface area contributed by atoms with Gasteiger partial charge < -0.3 is 4.98 Å². The van der Waals surface area contributed by atoms with Gasteiger partial charge >= 0.3 is 0 Å². The highest BCUT2D eigenvalue weighted by Gasteiger charge is 2.08. The average molecular weight is 257 g/mol. The van der Waals surface area contributed by atoms with Crippen LogP contribution in [-0.4, -0.2) is 16.3 Å². The Bertz CT molecular complexity index is 733. The Balaban J connectivity index is 2.22. The van der Waals surface area contributed by atoms with Gasteiger partial charge in [0.2, 0.25) is 0 Å². The van der Waals surface area contributed by atoms with Crippen LogP contribution in [0.4, 0.5) is 0 Å². The van der Waals surface area contributed by atoms with Gasteiger partial charge in [-0.2, -0.15) is 0 Å². The van der Waals surface area contributed by atoms with Crippen LogP contribution in [0, 0.1) is 0 Å². The number of rotatable bonds is 2. The molecule has 0 saturated carbocycles. The number of aldehydes is 1. The molecular formula is C14H9ClN2O. The Morgan fingerprint density at radius 3 is 2.94 bits per heavy atom. The predicted octanol–water partition coefficient (Wildman–Crippen LogP) is 3.70. The maximum Gasteiger partial charge on any atom is 0.152 e. The molecule has 0 amide bonds. The highest BCUT2D eigenvalue weighted by atomic mass is 35.5. The Labute approximate surface area is 108 Å². The highest BCUT2D eigenvalue weighted by molar-refractivity contribution is 6.31. The summed E-state index contributed by atoms with van der Waals surface area (Å²) in [6.07, 6.45) is 2.47. The standard InChI is InChI=1S/C14H9ClN2O/c15-11-4-3-9-6-13(17-12(9)7-11)14-10(8-18)2-1-5-16-14/h1-8,17H. The monoisotopic (exact) mass is 256 g/mol. The van der Waals surface area contributed by atoms with Gasteiger partial charge in [-0.05, 0) is 30.3 Å². The summed E-state index contributed by atoms with van der Waals surface area (Å²) in [5.41, 5.74) is 2.96. The van der Waals surface area contributed by atoms with Crippen molar-refractivity contribution < 1.29 is 4.79 Å². The number of fused-ring (bicyclic) bond motifs is 1. The molecule has 0 aliphatic carbocycles. The topological polar surface area (TPSA) is 45.8 Å². The van der Waals surface area contributed by atoms with Crippen molar-refractivity contribution in [2.45, 2.75) is 0 Å². The molecule has 18 heavy (non-hydrogen) atoms. The van der Waals surface area contributed by atoms with Gasteiger partial charge in [-0.3, -0.25) is 9.78 Å². The zero-order valence-electron chi connectivity index (χ0n) is 9.35. The molecule has 0 saturated heterocycles. The number of nitrogens with one attached hydrogen (secondary N) is 1. The van der Waals surface area contributed by atoms with Gasteiger partial charge in [-0.25, -0.2) is 0 Å². The maximum absolute atomic E-state index is 11.0. The van der Waals surface area contributed by atoms with Crippen molar-refractivity contribution in [1.82, 2.24) is 9.97 Å². The van der Waals surface area contributed by atoms with Crippen LogP contribution in [0.1, 0.15) is 10.4 Å². The molecule has 0 bridgehead atoms. The van der Waals surface area contributed by atoms with Crippen molar-refractivity contribution in [1.29, 1.82) is 0 Å². The minimum atomic E-state index is 0.565. The second-order valence-electron chi connectivity index (χ2n) is 3.97. The van der Waals surface area contributed by atoms with E-state index in [1.807, 2.05) is 24.3 Å². The molecule has 0 atom stereocenters. The first-order chi connectivity index (χ1) is 8.78. The van der Waals surface area contributed by atoms with Crippen molar-refractivity contribution in [3.05, 3.63) is 53.2 Å². The summed E-state index contributed by atoms with van der Waals surface area (Å²) in [6, 6.07) is 11.1. The number of halogens is 1.